The minimum absolute atomic E-state index is 0.143. The van der Waals surface area contributed by atoms with Crippen LogP contribution in [0.2, 0.25) is 5.02 Å². The van der Waals surface area contributed by atoms with Gasteiger partial charge in [0.15, 0.2) is 11.5 Å². The lowest BCUT2D eigenvalue weighted by Crippen LogP contribution is -2.31. The molecule has 1 amide bonds. The summed E-state index contributed by atoms with van der Waals surface area (Å²) in [6.07, 6.45) is -5.01. The number of para-hydroxylation sites is 1. The Morgan fingerprint density at radius 1 is 1.13 bits per heavy atom. The van der Waals surface area contributed by atoms with Crippen LogP contribution >= 0.6 is 11.6 Å². The number of nitrogens with one attached hydrogen (secondary N) is 2. The van der Waals surface area contributed by atoms with Gasteiger partial charge in [0.05, 0.1) is 15.5 Å². The first-order valence-electron chi connectivity index (χ1n) is 9.08. The van der Waals surface area contributed by atoms with Gasteiger partial charge < -0.3 is 14.8 Å². The summed E-state index contributed by atoms with van der Waals surface area (Å²) in [5.41, 5.74) is -0.556. The lowest BCUT2D eigenvalue weighted by atomic mass is 10.1. The van der Waals surface area contributed by atoms with Gasteiger partial charge in [0, 0.05) is 25.1 Å². The van der Waals surface area contributed by atoms with Crippen molar-refractivity contribution in [2.45, 2.75) is 24.0 Å². The molecular weight excluding hydrogens is 461 g/mol. The fourth-order valence-electron chi connectivity index (χ4n) is 2.83. The molecule has 168 valence electrons. The number of hydrogen-bond acceptors (Lipinski definition) is 5. The summed E-state index contributed by atoms with van der Waals surface area (Å²) >= 11 is 5.50. The van der Waals surface area contributed by atoms with Crippen molar-refractivity contribution in [3.05, 3.63) is 52.5 Å². The molecule has 0 aliphatic carbocycles. The molecule has 0 spiro atoms. The number of fused-ring (bicyclic) bond motifs is 1. The maximum Gasteiger partial charge on any atom is 0.417 e. The molecule has 3 rings (SSSR count). The highest BCUT2D eigenvalue weighted by molar-refractivity contribution is 7.89. The van der Waals surface area contributed by atoms with Crippen LogP contribution in [0.3, 0.4) is 0 Å². The number of sulfonamides is 1. The highest BCUT2D eigenvalue weighted by Crippen LogP contribution is 2.36. The third-order valence-corrected chi connectivity index (χ3v) is 6.11. The number of benzene rings is 2. The van der Waals surface area contributed by atoms with Crippen molar-refractivity contribution in [2.75, 3.05) is 19.8 Å². The summed E-state index contributed by atoms with van der Waals surface area (Å²) in [5, 5.41) is 2.03. The van der Waals surface area contributed by atoms with Crippen molar-refractivity contribution in [1.82, 2.24) is 10.0 Å². The topological polar surface area (TPSA) is 93.7 Å². The van der Waals surface area contributed by atoms with Crippen LogP contribution < -0.4 is 19.5 Å². The molecule has 0 saturated heterocycles. The number of carbonyl (C=O) groups is 1. The summed E-state index contributed by atoms with van der Waals surface area (Å²) in [6, 6.07) is 7.53. The van der Waals surface area contributed by atoms with Crippen molar-refractivity contribution in [1.29, 1.82) is 0 Å². The Kier molecular flexibility index (Phi) is 6.97. The molecule has 1 aliphatic heterocycles. The molecule has 2 N–H and O–H groups in total. The molecule has 1 heterocycles. The Balaban J connectivity index is 1.55. The standard InChI is InChI=1S/C19H18ClF3N2O5S/c20-15-5-4-13(10-14(15)19(21,22)23)31(27,28)25-7-6-17(26)24-11-12-2-1-3-16-18(12)30-9-8-29-16/h1-5,10,25H,6-9,11H2,(H,24,26). The van der Waals surface area contributed by atoms with Crippen LogP contribution in [0.25, 0.3) is 0 Å². The highest BCUT2D eigenvalue weighted by atomic mass is 35.5. The molecule has 2 aromatic rings. The van der Waals surface area contributed by atoms with Gasteiger partial charge in [-0.15, -0.1) is 0 Å². The van der Waals surface area contributed by atoms with Crippen molar-refractivity contribution in [2.24, 2.45) is 0 Å². The van der Waals surface area contributed by atoms with Crippen LogP contribution in [0.1, 0.15) is 17.5 Å². The Labute approximate surface area is 181 Å². The molecule has 2 aromatic carbocycles. The second kappa shape index (κ2) is 9.33. The number of ether oxygens (including phenoxy) is 2. The quantitative estimate of drug-likeness (QED) is 0.638. The van der Waals surface area contributed by atoms with Gasteiger partial charge in [-0.1, -0.05) is 23.7 Å². The van der Waals surface area contributed by atoms with Crippen molar-refractivity contribution in [3.8, 4) is 11.5 Å². The highest BCUT2D eigenvalue weighted by Gasteiger charge is 2.34. The van der Waals surface area contributed by atoms with E-state index in [1.54, 1.807) is 18.2 Å². The minimum Gasteiger partial charge on any atom is -0.486 e. The average molecular weight is 479 g/mol. The second-order valence-corrected chi connectivity index (χ2v) is 8.68. The lowest BCUT2D eigenvalue weighted by molar-refractivity contribution is -0.137. The van der Waals surface area contributed by atoms with E-state index in [2.05, 4.69) is 10.0 Å². The molecule has 0 saturated carbocycles. The first kappa shape index (κ1) is 23.2. The number of alkyl halides is 3. The maximum absolute atomic E-state index is 12.9. The maximum atomic E-state index is 12.9. The molecule has 1 aliphatic rings. The number of hydrogen-bond donors (Lipinski definition) is 2. The van der Waals surface area contributed by atoms with E-state index in [0.717, 1.165) is 12.1 Å². The van der Waals surface area contributed by atoms with Crippen LogP contribution in [-0.2, 0) is 27.5 Å². The molecule has 12 heteroatoms. The van der Waals surface area contributed by atoms with E-state index in [0.29, 0.717) is 36.3 Å². The average Bonchev–Trinajstić information content (AvgIpc) is 2.71. The van der Waals surface area contributed by atoms with E-state index in [9.17, 15) is 26.4 Å². The van der Waals surface area contributed by atoms with E-state index in [1.807, 2.05) is 0 Å². The van der Waals surface area contributed by atoms with Crippen molar-refractivity contribution < 1.29 is 35.9 Å². The molecular formula is C19H18ClF3N2O5S. The van der Waals surface area contributed by atoms with E-state index in [4.69, 9.17) is 21.1 Å². The molecule has 0 bridgehead atoms. The van der Waals surface area contributed by atoms with Crippen LogP contribution in [0.5, 0.6) is 11.5 Å². The summed E-state index contributed by atoms with van der Waals surface area (Å²) in [6.45, 7) is 0.663. The summed E-state index contributed by atoms with van der Waals surface area (Å²) < 4.78 is 76.4. The Morgan fingerprint density at radius 2 is 1.87 bits per heavy atom. The zero-order valence-corrected chi connectivity index (χ0v) is 17.5. The van der Waals surface area contributed by atoms with Gasteiger partial charge in [-0.3, -0.25) is 4.79 Å². The van der Waals surface area contributed by atoms with Crippen LogP contribution in [-0.4, -0.2) is 34.1 Å². The second-order valence-electron chi connectivity index (χ2n) is 6.51. The fraction of sp³-hybridized carbons (Fsp3) is 0.316. The van der Waals surface area contributed by atoms with Gasteiger partial charge in [0.1, 0.15) is 13.2 Å². The van der Waals surface area contributed by atoms with Crippen molar-refractivity contribution in [3.63, 3.8) is 0 Å². The first-order chi connectivity index (χ1) is 14.6. The van der Waals surface area contributed by atoms with Crippen molar-refractivity contribution >= 4 is 27.5 Å². The Morgan fingerprint density at radius 3 is 2.61 bits per heavy atom. The van der Waals surface area contributed by atoms with Crippen LogP contribution in [0.15, 0.2) is 41.3 Å². The predicted molar refractivity (Wildman–Crippen MR) is 106 cm³/mol. The molecule has 31 heavy (non-hydrogen) atoms. The van der Waals surface area contributed by atoms with Gasteiger partial charge in [-0.05, 0) is 24.3 Å². The van der Waals surface area contributed by atoms with E-state index in [1.165, 1.54) is 0 Å². The van der Waals surface area contributed by atoms with Crippen LogP contribution in [0.4, 0.5) is 13.2 Å². The third-order valence-electron chi connectivity index (χ3n) is 4.32. The first-order valence-corrected chi connectivity index (χ1v) is 10.9. The smallest absolute Gasteiger partial charge is 0.417 e. The van der Waals surface area contributed by atoms with E-state index >= 15 is 0 Å². The number of carbonyl (C=O) groups excluding carboxylic acids is 1. The zero-order valence-electron chi connectivity index (χ0n) is 16.0. The van der Waals surface area contributed by atoms with Gasteiger partial charge in [-0.25, -0.2) is 13.1 Å². The molecule has 7 nitrogen and oxygen atoms in total. The zero-order chi connectivity index (χ0) is 22.6. The Hall–Kier alpha value is -2.50. The van der Waals surface area contributed by atoms with Gasteiger partial charge in [0.2, 0.25) is 15.9 Å². The SMILES string of the molecule is O=C(CCNS(=O)(=O)c1ccc(Cl)c(C(F)(F)F)c1)NCc1cccc2c1OCCO2. The number of halogens is 4. The largest absolute Gasteiger partial charge is 0.486 e. The van der Waals surface area contributed by atoms with Gasteiger partial charge in [-0.2, -0.15) is 13.2 Å². The predicted octanol–water partition coefficient (Wildman–Crippen LogP) is 3.11. The minimum atomic E-state index is -4.80. The Bertz CT molecular complexity index is 1080. The molecule has 0 unspecified atom stereocenters. The number of amides is 1. The monoisotopic (exact) mass is 478 g/mol. The molecule has 0 radical (unpaired) electrons. The molecule has 0 aromatic heterocycles. The summed E-state index contributed by atoms with van der Waals surface area (Å²) in [7, 11) is -4.26. The van der Waals surface area contributed by atoms with E-state index in [-0.39, 0.29) is 19.5 Å². The summed E-state index contributed by atoms with van der Waals surface area (Å²) in [5.74, 6) is 0.661. The lowest BCUT2D eigenvalue weighted by Gasteiger charge is -2.21. The van der Waals surface area contributed by atoms with Crippen LogP contribution in [0, 0.1) is 0 Å². The van der Waals surface area contributed by atoms with E-state index < -0.39 is 37.6 Å². The number of rotatable bonds is 7. The molecule has 0 atom stereocenters. The summed E-state index contributed by atoms with van der Waals surface area (Å²) in [4.78, 5) is 11.5. The fourth-order valence-corrected chi connectivity index (χ4v) is 4.11. The third kappa shape index (κ3) is 5.81. The van der Waals surface area contributed by atoms with Gasteiger partial charge in [0.25, 0.3) is 0 Å². The normalized spacial score (nSPS) is 13.7. The molecule has 0 fully saturated rings. The van der Waals surface area contributed by atoms with Gasteiger partial charge >= 0.3 is 6.18 Å².